The molecule has 1 heterocycles. The third-order valence-electron chi connectivity index (χ3n) is 4.90. The standard InChI is InChI=1S/C22H26N4O5S/c1-16-23-11-12-25(16)19-8-6-5-7-17(19)14-24-22(27)15-26(32(4,28)29)20-10-9-18(30-2)13-21(20)31-3/h5-13H,14-15H2,1-4H3,(H,24,27). The Morgan fingerprint density at radius 2 is 1.91 bits per heavy atom. The summed E-state index contributed by atoms with van der Waals surface area (Å²) in [5.74, 6) is 1.16. The highest BCUT2D eigenvalue weighted by atomic mass is 32.2. The van der Waals surface area contributed by atoms with Crippen LogP contribution in [-0.4, -0.2) is 50.9 Å². The number of ether oxygens (including phenoxy) is 2. The lowest BCUT2D eigenvalue weighted by Gasteiger charge is -2.24. The molecule has 0 aliphatic carbocycles. The number of nitrogens with one attached hydrogen (secondary N) is 1. The number of nitrogens with zero attached hydrogens (tertiary/aromatic N) is 3. The van der Waals surface area contributed by atoms with E-state index in [1.54, 1.807) is 24.4 Å². The van der Waals surface area contributed by atoms with E-state index in [2.05, 4.69) is 10.3 Å². The average Bonchev–Trinajstić information content (AvgIpc) is 3.20. The summed E-state index contributed by atoms with van der Waals surface area (Å²) in [7, 11) is -0.834. The normalized spacial score (nSPS) is 11.1. The lowest BCUT2D eigenvalue weighted by Crippen LogP contribution is -2.40. The largest absolute Gasteiger partial charge is 0.497 e. The topological polar surface area (TPSA) is 103 Å². The van der Waals surface area contributed by atoms with Gasteiger partial charge in [-0.25, -0.2) is 13.4 Å². The second-order valence-electron chi connectivity index (χ2n) is 7.06. The van der Waals surface area contributed by atoms with Gasteiger partial charge in [-0.1, -0.05) is 18.2 Å². The summed E-state index contributed by atoms with van der Waals surface area (Å²) in [6.07, 6.45) is 4.59. The zero-order valence-corrected chi connectivity index (χ0v) is 19.2. The molecule has 2 aromatic carbocycles. The van der Waals surface area contributed by atoms with Crippen molar-refractivity contribution in [3.63, 3.8) is 0 Å². The highest BCUT2D eigenvalue weighted by Gasteiger charge is 2.24. The first-order valence-electron chi connectivity index (χ1n) is 9.79. The first-order chi connectivity index (χ1) is 15.2. The van der Waals surface area contributed by atoms with Crippen molar-refractivity contribution in [1.29, 1.82) is 0 Å². The molecule has 1 aromatic heterocycles. The van der Waals surface area contributed by atoms with E-state index in [-0.39, 0.29) is 18.0 Å². The van der Waals surface area contributed by atoms with Gasteiger partial charge >= 0.3 is 0 Å². The van der Waals surface area contributed by atoms with Crippen molar-refractivity contribution >= 4 is 21.6 Å². The number of rotatable bonds is 9. The van der Waals surface area contributed by atoms with E-state index in [0.717, 1.165) is 27.6 Å². The Bertz CT molecular complexity index is 1210. The van der Waals surface area contributed by atoms with Gasteiger partial charge in [0.25, 0.3) is 0 Å². The number of carbonyl (C=O) groups is 1. The van der Waals surface area contributed by atoms with Gasteiger partial charge < -0.3 is 19.4 Å². The second-order valence-corrected chi connectivity index (χ2v) is 8.96. The predicted molar refractivity (Wildman–Crippen MR) is 122 cm³/mol. The van der Waals surface area contributed by atoms with E-state index in [4.69, 9.17) is 9.47 Å². The lowest BCUT2D eigenvalue weighted by molar-refractivity contribution is -0.119. The Labute approximate surface area is 187 Å². The number of aryl methyl sites for hydroxylation is 1. The van der Waals surface area contributed by atoms with Gasteiger partial charge in [-0.15, -0.1) is 0 Å². The first-order valence-corrected chi connectivity index (χ1v) is 11.6. The van der Waals surface area contributed by atoms with Crippen molar-refractivity contribution in [3.05, 3.63) is 66.2 Å². The van der Waals surface area contributed by atoms with Crippen molar-refractivity contribution in [2.45, 2.75) is 13.5 Å². The number of hydrogen-bond donors (Lipinski definition) is 1. The number of amides is 1. The van der Waals surface area contributed by atoms with Crippen molar-refractivity contribution in [2.24, 2.45) is 0 Å². The van der Waals surface area contributed by atoms with Crippen molar-refractivity contribution in [2.75, 3.05) is 31.3 Å². The average molecular weight is 459 g/mol. The molecule has 0 aliphatic heterocycles. The van der Waals surface area contributed by atoms with Crippen LogP contribution in [0.2, 0.25) is 0 Å². The quantitative estimate of drug-likeness (QED) is 0.528. The minimum absolute atomic E-state index is 0.226. The van der Waals surface area contributed by atoms with Gasteiger partial charge in [0.05, 0.1) is 31.9 Å². The summed E-state index contributed by atoms with van der Waals surface area (Å²) in [6.45, 7) is 1.72. The molecule has 0 saturated carbocycles. The van der Waals surface area contributed by atoms with Gasteiger partial charge in [0, 0.05) is 25.0 Å². The Morgan fingerprint density at radius 1 is 1.16 bits per heavy atom. The van der Waals surface area contributed by atoms with Crippen LogP contribution in [0, 0.1) is 6.92 Å². The predicted octanol–water partition coefficient (Wildman–Crippen LogP) is 2.28. The minimum Gasteiger partial charge on any atom is -0.497 e. The third kappa shape index (κ3) is 5.20. The van der Waals surface area contributed by atoms with Gasteiger partial charge in [0.2, 0.25) is 15.9 Å². The zero-order valence-electron chi connectivity index (χ0n) is 18.4. The van der Waals surface area contributed by atoms with Crippen LogP contribution in [0.25, 0.3) is 5.69 Å². The summed E-state index contributed by atoms with van der Waals surface area (Å²) in [5.41, 5.74) is 2.01. The minimum atomic E-state index is -3.76. The van der Waals surface area contributed by atoms with Crippen LogP contribution < -0.4 is 19.1 Å². The third-order valence-corrected chi connectivity index (χ3v) is 6.02. The zero-order chi connectivity index (χ0) is 23.3. The summed E-state index contributed by atoms with van der Waals surface area (Å²) in [4.78, 5) is 17.0. The van der Waals surface area contributed by atoms with Crippen LogP contribution in [0.15, 0.2) is 54.9 Å². The summed E-state index contributed by atoms with van der Waals surface area (Å²) in [5, 5.41) is 2.81. The molecular formula is C22H26N4O5S. The maximum Gasteiger partial charge on any atom is 0.241 e. The van der Waals surface area contributed by atoms with Crippen LogP contribution in [0.1, 0.15) is 11.4 Å². The Balaban J connectivity index is 1.80. The van der Waals surface area contributed by atoms with Crippen LogP contribution in [-0.2, 0) is 21.4 Å². The van der Waals surface area contributed by atoms with Crippen molar-refractivity contribution in [1.82, 2.24) is 14.9 Å². The molecule has 32 heavy (non-hydrogen) atoms. The molecule has 0 fully saturated rings. The van der Waals surface area contributed by atoms with Crippen molar-refractivity contribution < 1.29 is 22.7 Å². The van der Waals surface area contributed by atoms with Gasteiger partial charge in [-0.2, -0.15) is 0 Å². The fourth-order valence-corrected chi connectivity index (χ4v) is 4.14. The van der Waals surface area contributed by atoms with E-state index in [9.17, 15) is 13.2 Å². The molecule has 0 radical (unpaired) electrons. The fourth-order valence-electron chi connectivity index (χ4n) is 3.28. The molecular weight excluding hydrogens is 432 g/mol. The van der Waals surface area contributed by atoms with E-state index >= 15 is 0 Å². The van der Waals surface area contributed by atoms with Crippen LogP contribution >= 0.6 is 0 Å². The van der Waals surface area contributed by atoms with Crippen molar-refractivity contribution in [3.8, 4) is 17.2 Å². The SMILES string of the molecule is COc1ccc(N(CC(=O)NCc2ccccc2-n2ccnc2C)S(C)(=O)=O)c(OC)c1. The molecule has 9 nitrogen and oxygen atoms in total. The summed E-state index contributed by atoms with van der Waals surface area (Å²) >= 11 is 0. The highest BCUT2D eigenvalue weighted by Crippen LogP contribution is 2.33. The maximum absolute atomic E-state index is 12.7. The highest BCUT2D eigenvalue weighted by molar-refractivity contribution is 7.92. The molecule has 0 unspecified atom stereocenters. The smallest absolute Gasteiger partial charge is 0.241 e. The summed E-state index contributed by atoms with van der Waals surface area (Å²) in [6, 6.07) is 12.3. The number of carbonyl (C=O) groups excluding carboxylic acids is 1. The first kappa shape index (κ1) is 23.1. The number of benzene rings is 2. The monoisotopic (exact) mass is 458 g/mol. The molecule has 3 aromatic rings. The molecule has 1 amide bonds. The van der Waals surface area contributed by atoms with Crippen LogP contribution in [0.3, 0.4) is 0 Å². The van der Waals surface area contributed by atoms with Gasteiger partial charge in [-0.3, -0.25) is 9.10 Å². The van der Waals surface area contributed by atoms with E-state index in [1.165, 1.54) is 14.2 Å². The number of sulfonamides is 1. The molecule has 0 aliphatic rings. The molecule has 0 bridgehead atoms. The van der Waals surface area contributed by atoms with E-state index in [0.29, 0.717) is 5.75 Å². The lowest BCUT2D eigenvalue weighted by atomic mass is 10.1. The number of anilines is 1. The molecule has 1 N–H and O–H groups in total. The molecule has 0 saturated heterocycles. The van der Waals surface area contributed by atoms with Crippen LogP contribution in [0.4, 0.5) is 5.69 Å². The van der Waals surface area contributed by atoms with Gasteiger partial charge in [0.15, 0.2) is 0 Å². The molecule has 0 spiro atoms. The fraction of sp³-hybridized carbons (Fsp3) is 0.273. The number of aromatic nitrogens is 2. The molecule has 0 atom stereocenters. The molecule has 170 valence electrons. The van der Waals surface area contributed by atoms with E-state index < -0.39 is 22.5 Å². The van der Waals surface area contributed by atoms with Crippen LogP contribution in [0.5, 0.6) is 11.5 Å². The number of para-hydroxylation sites is 1. The molecule has 3 rings (SSSR count). The Hall–Kier alpha value is -3.53. The maximum atomic E-state index is 12.7. The second kappa shape index (κ2) is 9.73. The Kier molecular flexibility index (Phi) is 7.04. The Morgan fingerprint density at radius 3 is 2.53 bits per heavy atom. The number of imidazole rings is 1. The van der Waals surface area contributed by atoms with Gasteiger partial charge in [0.1, 0.15) is 23.9 Å². The molecule has 10 heteroatoms. The van der Waals surface area contributed by atoms with E-state index in [1.807, 2.05) is 42.0 Å². The summed E-state index contributed by atoms with van der Waals surface area (Å²) < 4.78 is 38.3. The van der Waals surface area contributed by atoms with Gasteiger partial charge in [-0.05, 0) is 30.7 Å². The number of hydrogen-bond acceptors (Lipinski definition) is 6. The number of methoxy groups -OCH3 is 2.